The van der Waals surface area contributed by atoms with Crippen LogP contribution in [0.15, 0.2) is 30.3 Å². The fraction of sp³-hybridized carbons (Fsp3) is 0.412. The lowest BCUT2D eigenvalue weighted by molar-refractivity contribution is -0.117. The molecule has 1 fully saturated rings. The van der Waals surface area contributed by atoms with Crippen molar-refractivity contribution in [3.05, 3.63) is 35.9 Å². The smallest absolute Gasteiger partial charge is 0.244 e. The highest BCUT2D eigenvalue weighted by Gasteiger charge is 2.19. The lowest BCUT2D eigenvalue weighted by atomic mass is 9.93. The minimum Gasteiger partial charge on any atom is -0.393 e. The molecule has 0 atom stereocenters. The van der Waals surface area contributed by atoms with Gasteiger partial charge in [0.2, 0.25) is 11.8 Å². The van der Waals surface area contributed by atoms with Crippen molar-refractivity contribution in [1.82, 2.24) is 5.32 Å². The molecule has 0 spiro atoms. The van der Waals surface area contributed by atoms with Crippen LogP contribution < -0.4 is 10.6 Å². The number of anilines is 1. The number of aliphatic hydroxyl groups is 1. The molecule has 118 valence electrons. The van der Waals surface area contributed by atoms with Crippen LogP contribution in [0.25, 0.3) is 6.08 Å². The number of nitrogens with one attached hydrogen (secondary N) is 2. The third-order valence-corrected chi connectivity index (χ3v) is 3.70. The number of benzene rings is 1. The Morgan fingerprint density at radius 3 is 2.36 bits per heavy atom. The molecule has 3 N–H and O–H groups in total. The second-order valence-electron chi connectivity index (χ2n) is 5.65. The average molecular weight is 302 g/mol. The van der Waals surface area contributed by atoms with Crippen LogP contribution in [-0.2, 0) is 9.59 Å². The van der Waals surface area contributed by atoms with Gasteiger partial charge in [0.25, 0.3) is 0 Å². The molecule has 0 unspecified atom stereocenters. The molecule has 5 heteroatoms. The quantitative estimate of drug-likeness (QED) is 0.745. The van der Waals surface area contributed by atoms with Crippen LogP contribution in [0.3, 0.4) is 0 Å². The van der Waals surface area contributed by atoms with Gasteiger partial charge < -0.3 is 15.7 Å². The van der Waals surface area contributed by atoms with E-state index in [1.54, 1.807) is 18.2 Å². The van der Waals surface area contributed by atoms with Crippen LogP contribution in [0, 0.1) is 0 Å². The van der Waals surface area contributed by atoms with E-state index < -0.39 is 0 Å². The van der Waals surface area contributed by atoms with Gasteiger partial charge in [0, 0.05) is 24.7 Å². The minimum atomic E-state index is -0.217. The number of rotatable bonds is 4. The van der Waals surface area contributed by atoms with E-state index in [1.807, 2.05) is 12.1 Å². The summed E-state index contributed by atoms with van der Waals surface area (Å²) in [6.45, 7) is 1.46. The summed E-state index contributed by atoms with van der Waals surface area (Å²) in [5.74, 6) is -0.229. The molecule has 1 aromatic carbocycles. The monoisotopic (exact) mass is 302 g/mol. The van der Waals surface area contributed by atoms with E-state index in [9.17, 15) is 14.7 Å². The summed E-state index contributed by atoms with van der Waals surface area (Å²) in [6.07, 6.45) is 6.19. The molecule has 5 nitrogen and oxygen atoms in total. The number of hydrogen-bond acceptors (Lipinski definition) is 3. The summed E-state index contributed by atoms with van der Waals surface area (Å²) >= 11 is 0. The lowest BCUT2D eigenvalue weighted by Gasteiger charge is -2.25. The summed E-state index contributed by atoms with van der Waals surface area (Å²) < 4.78 is 0. The van der Waals surface area contributed by atoms with Gasteiger partial charge in [-0.05, 0) is 49.5 Å². The second-order valence-corrected chi connectivity index (χ2v) is 5.65. The summed E-state index contributed by atoms with van der Waals surface area (Å²) in [6, 6.07) is 7.42. The Labute approximate surface area is 130 Å². The first kappa shape index (κ1) is 16.2. The molecule has 0 aromatic heterocycles. The molecular weight excluding hydrogens is 280 g/mol. The van der Waals surface area contributed by atoms with Gasteiger partial charge in [-0.15, -0.1) is 0 Å². The maximum absolute atomic E-state index is 11.9. The SMILES string of the molecule is CC(=O)Nc1ccc(/C=C/C(=O)NC2CCC(O)CC2)cc1. The number of carbonyl (C=O) groups is 2. The van der Waals surface area contributed by atoms with E-state index in [1.165, 1.54) is 13.0 Å². The molecule has 2 amide bonds. The molecule has 22 heavy (non-hydrogen) atoms. The van der Waals surface area contributed by atoms with Crippen molar-refractivity contribution in [3.63, 3.8) is 0 Å². The van der Waals surface area contributed by atoms with Gasteiger partial charge in [0.05, 0.1) is 6.10 Å². The normalized spacial score (nSPS) is 21.5. The van der Waals surface area contributed by atoms with E-state index in [0.717, 1.165) is 36.9 Å². The Bertz CT molecular complexity index is 544. The maximum atomic E-state index is 11.9. The Kier molecular flexibility index (Phi) is 5.72. The number of carbonyl (C=O) groups excluding carboxylic acids is 2. The molecule has 0 aliphatic heterocycles. The summed E-state index contributed by atoms with van der Waals surface area (Å²) in [5, 5.41) is 15.1. The van der Waals surface area contributed by atoms with E-state index in [0.29, 0.717) is 0 Å². The standard InChI is InChI=1S/C17H22N2O3/c1-12(20)18-14-5-2-13(3-6-14)4-11-17(22)19-15-7-9-16(21)10-8-15/h2-6,11,15-16,21H,7-10H2,1H3,(H,18,20)(H,19,22)/b11-4+. The first-order chi connectivity index (χ1) is 10.5. The van der Waals surface area contributed by atoms with Gasteiger partial charge in [-0.25, -0.2) is 0 Å². The Hall–Kier alpha value is -2.14. The zero-order valence-electron chi connectivity index (χ0n) is 12.7. The summed E-state index contributed by atoms with van der Waals surface area (Å²) in [4.78, 5) is 22.8. The summed E-state index contributed by atoms with van der Waals surface area (Å²) in [5.41, 5.74) is 1.62. The van der Waals surface area contributed by atoms with Crippen LogP contribution in [0.1, 0.15) is 38.2 Å². The second kappa shape index (κ2) is 7.75. The molecule has 1 aliphatic rings. The van der Waals surface area contributed by atoms with Crippen molar-refractivity contribution in [1.29, 1.82) is 0 Å². The predicted molar refractivity (Wildman–Crippen MR) is 86.2 cm³/mol. The predicted octanol–water partition coefficient (Wildman–Crippen LogP) is 2.08. The average Bonchev–Trinajstić information content (AvgIpc) is 2.48. The third kappa shape index (κ3) is 5.33. The highest BCUT2D eigenvalue weighted by atomic mass is 16.3. The van der Waals surface area contributed by atoms with Crippen molar-refractivity contribution in [2.75, 3.05) is 5.32 Å². The molecule has 0 radical (unpaired) electrons. The number of amides is 2. The highest BCUT2D eigenvalue weighted by molar-refractivity contribution is 5.92. The van der Waals surface area contributed by atoms with Crippen molar-refractivity contribution in [2.24, 2.45) is 0 Å². The van der Waals surface area contributed by atoms with Crippen molar-refractivity contribution < 1.29 is 14.7 Å². The van der Waals surface area contributed by atoms with Gasteiger partial charge in [-0.1, -0.05) is 12.1 Å². The van der Waals surface area contributed by atoms with E-state index in [-0.39, 0.29) is 24.0 Å². The van der Waals surface area contributed by atoms with Crippen molar-refractivity contribution >= 4 is 23.6 Å². The lowest BCUT2D eigenvalue weighted by Crippen LogP contribution is -2.37. The molecule has 0 heterocycles. The van der Waals surface area contributed by atoms with Gasteiger partial charge in [0.1, 0.15) is 0 Å². The van der Waals surface area contributed by atoms with E-state index >= 15 is 0 Å². The fourth-order valence-corrected chi connectivity index (χ4v) is 2.52. The maximum Gasteiger partial charge on any atom is 0.244 e. The van der Waals surface area contributed by atoms with Crippen LogP contribution in [0.5, 0.6) is 0 Å². The zero-order valence-corrected chi connectivity index (χ0v) is 12.7. The Morgan fingerprint density at radius 1 is 1.14 bits per heavy atom. The Balaban J connectivity index is 1.83. The van der Waals surface area contributed by atoms with Crippen molar-refractivity contribution in [3.8, 4) is 0 Å². The summed E-state index contributed by atoms with van der Waals surface area (Å²) in [7, 11) is 0. The van der Waals surface area contributed by atoms with Crippen LogP contribution in [-0.4, -0.2) is 29.1 Å². The third-order valence-electron chi connectivity index (χ3n) is 3.70. The Morgan fingerprint density at radius 2 is 1.77 bits per heavy atom. The highest BCUT2D eigenvalue weighted by Crippen LogP contribution is 2.18. The fourth-order valence-electron chi connectivity index (χ4n) is 2.52. The molecule has 2 rings (SSSR count). The number of hydrogen-bond donors (Lipinski definition) is 3. The topological polar surface area (TPSA) is 78.4 Å². The van der Waals surface area contributed by atoms with Crippen LogP contribution in [0.4, 0.5) is 5.69 Å². The number of aliphatic hydroxyl groups excluding tert-OH is 1. The van der Waals surface area contributed by atoms with Crippen molar-refractivity contribution in [2.45, 2.75) is 44.8 Å². The molecule has 1 aromatic rings. The first-order valence-corrected chi connectivity index (χ1v) is 7.57. The van der Waals surface area contributed by atoms with Crippen LogP contribution >= 0.6 is 0 Å². The largest absolute Gasteiger partial charge is 0.393 e. The molecular formula is C17H22N2O3. The minimum absolute atomic E-state index is 0.111. The van der Waals surface area contributed by atoms with Gasteiger partial charge in [-0.3, -0.25) is 9.59 Å². The van der Waals surface area contributed by atoms with Gasteiger partial charge in [-0.2, -0.15) is 0 Å². The molecule has 1 saturated carbocycles. The first-order valence-electron chi connectivity index (χ1n) is 7.57. The van der Waals surface area contributed by atoms with Gasteiger partial charge >= 0.3 is 0 Å². The van der Waals surface area contributed by atoms with Gasteiger partial charge in [0.15, 0.2) is 0 Å². The van der Waals surface area contributed by atoms with E-state index in [4.69, 9.17) is 0 Å². The molecule has 1 aliphatic carbocycles. The van der Waals surface area contributed by atoms with E-state index in [2.05, 4.69) is 10.6 Å². The zero-order chi connectivity index (χ0) is 15.9. The molecule has 0 bridgehead atoms. The molecule has 0 saturated heterocycles. The van der Waals surface area contributed by atoms with Crippen LogP contribution in [0.2, 0.25) is 0 Å².